The SMILES string of the molecule is Cc1ccc2oc(N3CCn4nc(CO)cc4C3)nc2c1. The predicted molar refractivity (Wildman–Crippen MR) is 77.9 cm³/mol. The van der Waals surface area contributed by atoms with E-state index in [0.29, 0.717) is 18.3 Å². The number of hydrogen-bond donors (Lipinski definition) is 1. The fourth-order valence-corrected chi connectivity index (χ4v) is 2.73. The minimum absolute atomic E-state index is 0.0256. The van der Waals surface area contributed by atoms with Crippen LogP contribution in [0.3, 0.4) is 0 Å². The number of nitrogens with zero attached hydrogens (tertiary/aromatic N) is 4. The number of hydrogen-bond acceptors (Lipinski definition) is 5. The highest BCUT2D eigenvalue weighted by molar-refractivity contribution is 5.75. The third kappa shape index (κ3) is 2.08. The van der Waals surface area contributed by atoms with E-state index in [4.69, 9.17) is 4.42 Å². The van der Waals surface area contributed by atoms with E-state index in [9.17, 15) is 5.11 Å². The van der Waals surface area contributed by atoms with Crippen molar-refractivity contribution in [3.63, 3.8) is 0 Å². The number of benzene rings is 1. The van der Waals surface area contributed by atoms with Gasteiger partial charge in [-0.3, -0.25) is 4.68 Å². The summed E-state index contributed by atoms with van der Waals surface area (Å²) in [6.45, 7) is 4.28. The van der Waals surface area contributed by atoms with Gasteiger partial charge in [-0.1, -0.05) is 6.07 Å². The highest BCUT2D eigenvalue weighted by atomic mass is 16.4. The average molecular weight is 284 g/mol. The van der Waals surface area contributed by atoms with Crippen molar-refractivity contribution in [3.05, 3.63) is 41.2 Å². The Balaban J connectivity index is 1.66. The van der Waals surface area contributed by atoms with Crippen LogP contribution in [-0.4, -0.2) is 26.4 Å². The summed E-state index contributed by atoms with van der Waals surface area (Å²) in [5, 5.41) is 13.5. The number of rotatable bonds is 2. The van der Waals surface area contributed by atoms with Gasteiger partial charge < -0.3 is 14.4 Å². The molecule has 4 rings (SSSR count). The molecule has 1 N–H and O–H groups in total. The molecule has 0 bridgehead atoms. The molecule has 0 unspecified atom stereocenters. The molecule has 6 nitrogen and oxygen atoms in total. The van der Waals surface area contributed by atoms with Gasteiger partial charge in [0.25, 0.3) is 6.01 Å². The zero-order valence-electron chi connectivity index (χ0n) is 11.8. The minimum atomic E-state index is -0.0256. The Morgan fingerprint density at radius 1 is 1.29 bits per heavy atom. The van der Waals surface area contributed by atoms with Gasteiger partial charge in [-0.05, 0) is 30.7 Å². The summed E-state index contributed by atoms with van der Waals surface area (Å²) in [5.74, 6) is 0. The molecular formula is C15H16N4O2. The molecule has 0 radical (unpaired) electrons. The zero-order chi connectivity index (χ0) is 14.4. The molecule has 0 atom stereocenters. The summed E-state index contributed by atoms with van der Waals surface area (Å²) in [4.78, 5) is 6.68. The monoisotopic (exact) mass is 284 g/mol. The lowest BCUT2D eigenvalue weighted by Crippen LogP contribution is -2.33. The highest BCUT2D eigenvalue weighted by Crippen LogP contribution is 2.25. The first-order valence-corrected chi connectivity index (χ1v) is 7.01. The molecule has 1 aliphatic rings. The molecule has 0 spiro atoms. The van der Waals surface area contributed by atoms with Crippen LogP contribution in [0.25, 0.3) is 11.1 Å². The number of fused-ring (bicyclic) bond motifs is 2. The van der Waals surface area contributed by atoms with Gasteiger partial charge in [0.1, 0.15) is 5.52 Å². The lowest BCUT2D eigenvalue weighted by atomic mass is 10.2. The van der Waals surface area contributed by atoms with E-state index in [0.717, 1.165) is 29.9 Å². The van der Waals surface area contributed by atoms with Crippen LogP contribution in [0, 0.1) is 6.92 Å². The number of aliphatic hydroxyl groups excluding tert-OH is 1. The van der Waals surface area contributed by atoms with Crippen LogP contribution in [0.2, 0.25) is 0 Å². The Hall–Kier alpha value is -2.34. The lowest BCUT2D eigenvalue weighted by Gasteiger charge is -2.25. The second-order valence-electron chi connectivity index (χ2n) is 5.40. The number of aromatic nitrogens is 3. The summed E-state index contributed by atoms with van der Waals surface area (Å²) >= 11 is 0. The number of anilines is 1. The summed E-state index contributed by atoms with van der Waals surface area (Å²) in [6.07, 6.45) is 0. The van der Waals surface area contributed by atoms with Crippen molar-refractivity contribution in [2.75, 3.05) is 11.4 Å². The van der Waals surface area contributed by atoms with Gasteiger partial charge >= 0.3 is 0 Å². The second-order valence-corrected chi connectivity index (χ2v) is 5.40. The standard InChI is InChI=1S/C15H16N4O2/c1-10-2-3-14-13(6-10)16-15(21-14)18-4-5-19-12(8-18)7-11(9-20)17-19/h2-3,6-7,20H,4-5,8-9H2,1H3. The Labute approximate surface area is 121 Å². The van der Waals surface area contributed by atoms with Crippen LogP contribution in [0.15, 0.2) is 28.7 Å². The number of aryl methyl sites for hydroxylation is 1. The maximum atomic E-state index is 9.17. The van der Waals surface area contributed by atoms with Gasteiger partial charge in [0.15, 0.2) is 5.58 Å². The first kappa shape index (κ1) is 12.4. The molecule has 0 fully saturated rings. The third-order valence-electron chi connectivity index (χ3n) is 3.81. The van der Waals surface area contributed by atoms with Crippen molar-refractivity contribution >= 4 is 17.1 Å². The molecular weight excluding hydrogens is 268 g/mol. The quantitative estimate of drug-likeness (QED) is 0.778. The fraction of sp³-hybridized carbons (Fsp3) is 0.333. The molecule has 2 aromatic heterocycles. The molecule has 0 aliphatic carbocycles. The highest BCUT2D eigenvalue weighted by Gasteiger charge is 2.22. The van der Waals surface area contributed by atoms with Crippen molar-refractivity contribution < 1.29 is 9.52 Å². The molecule has 1 aromatic carbocycles. The Morgan fingerprint density at radius 2 is 2.19 bits per heavy atom. The fourth-order valence-electron chi connectivity index (χ4n) is 2.73. The van der Waals surface area contributed by atoms with E-state index in [2.05, 4.69) is 15.0 Å². The summed E-state index contributed by atoms with van der Waals surface area (Å²) in [7, 11) is 0. The van der Waals surface area contributed by atoms with Gasteiger partial charge in [0.05, 0.1) is 31.1 Å². The van der Waals surface area contributed by atoms with Crippen molar-refractivity contribution in [3.8, 4) is 0 Å². The van der Waals surface area contributed by atoms with Gasteiger partial charge in [-0.15, -0.1) is 0 Å². The van der Waals surface area contributed by atoms with Crippen molar-refractivity contribution in [2.24, 2.45) is 0 Å². The van der Waals surface area contributed by atoms with Gasteiger partial charge in [-0.25, -0.2) is 0 Å². The topological polar surface area (TPSA) is 67.3 Å². The Kier molecular flexibility index (Phi) is 2.71. The molecule has 3 heterocycles. The van der Waals surface area contributed by atoms with Crippen molar-refractivity contribution in [1.82, 2.24) is 14.8 Å². The predicted octanol–water partition coefficient (Wildman–Crippen LogP) is 1.85. The summed E-state index contributed by atoms with van der Waals surface area (Å²) < 4.78 is 7.79. The minimum Gasteiger partial charge on any atom is -0.423 e. The Morgan fingerprint density at radius 3 is 3.05 bits per heavy atom. The van der Waals surface area contributed by atoms with Crippen LogP contribution >= 0.6 is 0 Å². The molecule has 0 saturated heterocycles. The van der Waals surface area contributed by atoms with Gasteiger partial charge in [0.2, 0.25) is 0 Å². The van der Waals surface area contributed by atoms with Crippen LogP contribution in [0.4, 0.5) is 6.01 Å². The number of oxazole rings is 1. The van der Waals surface area contributed by atoms with E-state index in [1.807, 2.05) is 35.9 Å². The van der Waals surface area contributed by atoms with E-state index >= 15 is 0 Å². The molecule has 108 valence electrons. The molecule has 0 amide bonds. The first-order valence-electron chi connectivity index (χ1n) is 7.01. The summed E-state index contributed by atoms with van der Waals surface area (Å²) in [5.41, 5.74) is 4.65. The zero-order valence-corrected chi connectivity index (χ0v) is 11.8. The smallest absolute Gasteiger partial charge is 0.298 e. The molecule has 3 aromatic rings. The van der Waals surface area contributed by atoms with E-state index in [-0.39, 0.29) is 6.61 Å². The maximum absolute atomic E-state index is 9.17. The Bertz CT molecular complexity index is 805. The molecule has 0 saturated carbocycles. The van der Waals surface area contributed by atoms with Crippen LogP contribution in [0.1, 0.15) is 17.0 Å². The van der Waals surface area contributed by atoms with Crippen LogP contribution in [-0.2, 0) is 19.7 Å². The second kappa shape index (κ2) is 4.60. The average Bonchev–Trinajstić information content (AvgIpc) is 3.08. The normalized spacial score (nSPS) is 14.7. The van der Waals surface area contributed by atoms with E-state index in [1.54, 1.807) is 0 Å². The van der Waals surface area contributed by atoms with Crippen LogP contribution in [0.5, 0.6) is 0 Å². The van der Waals surface area contributed by atoms with Gasteiger partial charge in [-0.2, -0.15) is 10.1 Å². The number of aliphatic hydroxyl groups is 1. The molecule has 6 heteroatoms. The largest absolute Gasteiger partial charge is 0.423 e. The third-order valence-corrected chi connectivity index (χ3v) is 3.81. The first-order chi connectivity index (χ1) is 10.2. The maximum Gasteiger partial charge on any atom is 0.298 e. The van der Waals surface area contributed by atoms with Gasteiger partial charge in [0, 0.05) is 6.54 Å². The van der Waals surface area contributed by atoms with Crippen molar-refractivity contribution in [2.45, 2.75) is 26.6 Å². The summed E-state index contributed by atoms with van der Waals surface area (Å²) in [6, 6.07) is 8.59. The van der Waals surface area contributed by atoms with E-state index in [1.165, 1.54) is 5.56 Å². The molecule has 1 aliphatic heterocycles. The van der Waals surface area contributed by atoms with Crippen molar-refractivity contribution in [1.29, 1.82) is 0 Å². The van der Waals surface area contributed by atoms with Crippen LogP contribution < -0.4 is 4.90 Å². The molecule has 21 heavy (non-hydrogen) atoms. The lowest BCUT2D eigenvalue weighted by molar-refractivity contribution is 0.275. The van der Waals surface area contributed by atoms with E-state index < -0.39 is 0 Å².